The van der Waals surface area contributed by atoms with Crippen LogP contribution < -0.4 is 0 Å². The fourth-order valence-corrected chi connectivity index (χ4v) is 8.06. The predicted molar refractivity (Wildman–Crippen MR) is 269 cm³/mol. The SMILES string of the molecule is CCCCCCCCC(CCCCCC)C(=O)OCCCCCCOCC(COCCOCCOCCOCC)OCCCCCCOC(=O)C(CCCCCC)CCCCCCCC. The van der Waals surface area contributed by atoms with Gasteiger partial charge in [0, 0.05) is 19.8 Å². The molecule has 0 saturated heterocycles. The lowest BCUT2D eigenvalue weighted by molar-refractivity contribution is -0.150. The number of ether oxygens (including phenoxy) is 8. The average Bonchev–Trinajstić information content (AvgIpc) is 3.31. The molecule has 0 aliphatic carbocycles. The number of hydrogen-bond acceptors (Lipinski definition) is 10. The van der Waals surface area contributed by atoms with Gasteiger partial charge in [0.2, 0.25) is 0 Å². The van der Waals surface area contributed by atoms with E-state index in [9.17, 15) is 9.59 Å². The Morgan fingerprint density at radius 3 is 1.03 bits per heavy atom. The van der Waals surface area contributed by atoms with Gasteiger partial charge >= 0.3 is 11.9 Å². The van der Waals surface area contributed by atoms with Crippen LogP contribution in [0, 0.1) is 11.8 Å². The summed E-state index contributed by atoms with van der Waals surface area (Å²) in [5, 5.41) is 0. The van der Waals surface area contributed by atoms with Crippen LogP contribution in [0.4, 0.5) is 0 Å². The summed E-state index contributed by atoms with van der Waals surface area (Å²) in [6, 6.07) is 0. The van der Waals surface area contributed by atoms with Gasteiger partial charge in [-0.1, -0.05) is 169 Å². The molecule has 3 unspecified atom stereocenters. The third-order valence-corrected chi connectivity index (χ3v) is 12.3. The molecule has 0 bridgehead atoms. The zero-order valence-electron chi connectivity index (χ0n) is 43.6. The van der Waals surface area contributed by atoms with Crippen molar-refractivity contribution in [3.63, 3.8) is 0 Å². The van der Waals surface area contributed by atoms with Gasteiger partial charge in [-0.25, -0.2) is 0 Å². The molecule has 0 spiro atoms. The Hall–Kier alpha value is -1.30. The summed E-state index contributed by atoms with van der Waals surface area (Å²) in [7, 11) is 0. The van der Waals surface area contributed by atoms with Crippen LogP contribution in [0.25, 0.3) is 0 Å². The summed E-state index contributed by atoms with van der Waals surface area (Å²) in [5.41, 5.74) is 0. The predicted octanol–water partition coefficient (Wildman–Crippen LogP) is 14.4. The molecule has 0 aliphatic rings. The number of carbonyl (C=O) groups excluding carboxylic acids is 2. The molecule has 0 N–H and O–H groups in total. The first-order valence-electron chi connectivity index (χ1n) is 27.9. The van der Waals surface area contributed by atoms with E-state index in [1.807, 2.05) is 6.92 Å². The molecule has 0 amide bonds. The van der Waals surface area contributed by atoms with Crippen LogP contribution in [0.5, 0.6) is 0 Å². The summed E-state index contributed by atoms with van der Waals surface area (Å²) < 4.78 is 46.4. The lowest BCUT2D eigenvalue weighted by Crippen LogP contribution is -2.27. The van der Waals surface area contributed by atoms with Crippen LogP contribution >= 0.6 is 0 Å². The van der Waals surface area contributed by atoms with E-state index in [0.29, 0.717) is 85.9 Å². The van der Waals surface area contributed by atoms with Crippen LogP contribution in [0.2, 0.25) is 0 Å². The van der Waals surface area contributed by atoms with Crippen molar-refractivity contribution in [2.24, 2.45) is 11.8 Å². The molecule has 0 heterocycles. The van der Waals surface area contributed by atoms with Gasteiger partial charge in [-0.05, 0) is 71.1 Å². The second kappa shape index (κ2) is 53.7. The highest BCUT2D eigenvalue weighted by molar-refractivity contribution is 5.72. The minimum Gasteiger partial charge on any atom is -0.465 e. The number of carbonyl (C=O) groups is 2. The molecular formula is C55H108O10. The summed E-state index contributed by atoms with van der Waals surface area (Å²) in [6.07, 6.45) is 36.1. The first-order valence-corrected chi connectivity index (χ1v) is 27.9. The molecule has 65 heavy (non-hydrogen) atoms. The molecule has 0 radical (unpaired) electrons. The Morgan fingerprint density at radius 1 is 0.308 bits per heavy atom. The molecule has 10 nitrogen and oxygen atoms in total. The van der Waals surface area contributed by atoms with Gasteiger partial charge < -0.3 is 37.9 Å². The summed E-state index contributed by atoms with van der Waals surface area (Å²) in [4.78, 5) is 26.0. The summed E-state index contributed by atoms with van der Waals surface area (Å²) in [5.74, 6) is 0.168. The maximum Gasteiger partial charge on any atom is 0.308 e. The number of hydrogen-bond donors (Lipinski definition) is 0. The largest absolute Gasteiger partial charge is 0.465 e. The molecule has 0 fully saturated rings. The van der Waals surface area contributed by atoms with Gasteiger partial charge in [0.1, 0.15) is 6.10 Å². The highest BCUT2D eigenvalue weighted by Gasteiger charge is 2.20. The summed E-state index contributed by atoms with van der Waals surface area (Å²) in [6.45, 7) is 18.1. The Bertz CT molecular complexity index is 951. The normalized spacial score (nSPS) is 13.0. The van der Waals surface area contributed by atoms with Crippen molar-refractivity contribution in [3.8, 4) is 0 Å². The van der Waals surface area contributed by atoms with E-state index >= 15 is 0 Å². The van der Waals surface area contributed by atoms with E-state index in [4.69, 9.17) is 37.9 Å². The van der Waals surface area contributed by atoms with Crippen molar-refractivity contribution < 1.29 is 47.5 Å². The zero-order valence-corrected chi connectivity index (χ0v) is 43.6. The molecule has 0 aliphatic heterocycles. The Kier molecular flexibility index (Phi) is 52.6. The van der Waals surface area contributed by atoms with E-state index in [1.54, 1.807) is 0 Å². The Labute approximate surface area is 402 Å². The molecule has 0 aromatic heterocycles. The quantitative estimate of drug-likeness (QED) is 0.0432. The monoisotopic (exact) mass is 929 g/mol. The van der Waals surface area contributed by atoms with Crippen molar-refractivity contribution in [2.75, 3.05) is 85.9 Å². The average molecular weight is 929 g/mol. The van der Waals surface area contributed by atoms with Crippen molar-refractivity contribution in [3.05, 3.63) is 0 Å². The van der Waals surface area contributed by atoms with E-state index in [2.05, 4.69) is 27.7 Å². The standard InChI is InChI=1S/C55H108O10/c1-6-11-15-19-21-29-37-51(35-27-17-13-8-3)54(56)64-41-33-24-23-31-39-61-49-53(50-62-48-47-60-46-45-59-44-43-58-10-5)63-40-32-25-26-34-42-65-55(57)52(36-28-18-14-9-4)38-30-22-20-16-12-7-2/h51-53H,6-50H2,1-5H3. The maximum absolute atomic E-state index is 13.0. The number of esters is 2. The third-order valence-electron chi connectivity index (χ3n) is 12.3. The zero-order chi connectivity index (χ0) is 47.4. The lowest BCUT2D eigenvalue weighted by atomic mass is 9.94. The Morgan fingerprint density at radius 2 is 0.615 bits per heavy atom. The first-order chi connectivity index (χ1) is 32.0. The van der Waals surface area contributed by atoms with Gasteiger partial charge in [0.25, 0.3) is 0 Å². The van der Waals surface area contributed by atoms with Gasteiger partial charge in [0.05, 0.1) is 77.9 Å². The number of rotatable bonds is 55. The topological polar surface area (TPSA) is 108 Å². The molecule has 0 aromatic carbocycles. The minimum absolute atomic E-state index is 0.0221. The minimum atomic E-state index is -0.149. The van der Waals surface area contributed by atoms with E-state index in [1.165, 1.54) is 103 Å². The van der Waals surface area contributed by atoms with Crippen LogP contribution in [0.15, 0.2) is 0 Å². The number of unbranched alkanes of at least 4 members (excludes halogenated alkanes) is 22. The van der Waals surface area contributed by atoms with Gasteiger partial charge in [0.15, 0.2) is 0 Å². The van der Waals surface area contributed by atoms with Crippen LogP contribution in [0.3, 0.4) is 0 Å². The van der Waals surface area contributed by atoms with Gasteiger partial charge in [-0.2, -0.15) is 0 Å². The van der Waals surface area contributed by atoms with E-state index < -0.39 is 0 Å². The van der Waals surface area contributed by atoms with Crippen LogP contribution in [0.1, 0.15) is 240 Å². The van der Waals surface area contributed by atoms with Gasteiger partial charge in [-0.3, -0.25) is 9.59 Å². The van der Waals surface area contributed by atoms with E-state index in [0.717, 1.165) is 103 Å². The van der Waals surface area contributed by atoms with E-state index in [-0.39, 0.29) is 29.9 Å². The van der Waals surface area contributed by atoms with Crippen LogP contribution in [-0.4, -0.2) is 104 Å². The third kappa shape index (κ3) is 46.2. The molecule has 0 saturated carbocycles. The van der Waals surface area contributed by atoms with Crippen molar-refractivity contribution in [2.45, 2.75) is 246 Å². The fraction of sp³-hybridized carbons (Fsp3) is 0.964. The van der Waals surface area contributed by atoms with Crippen molar-refractivity contribution in [1.82, 2.24) is 0 Å². The molecule has 3 atom stereocenters. The second-order valence-electron chi connectivity index (χ2n) is 18.4. The highest BCUT2D eigenvalue weighted by atomic mass is 16.6. The smallest absolute Gasteiger partial charge is 0.308 e. The fourth-order valence-electron chi connectivity index (χ4n) is 8.06. The Balaban J connectivity index is 4.56. The summed E-state index contributed by atoms with van der Waals surface area (Å²) >= 11 is 0. The molecule has 10 heteroatoms. The van der Waals surface area contributed by atoms with Crippen LogP contribution in [-0.2, 0) is 47.5 Å². The lowest BCUT2D eigenvalue weighted by Gasteiger charge is -2.19. The molecule has 0 rings (SSSR count). The second-order valence-corrected chi connectivity index (χ2v) is 18.4. The maximum atomic E-state index is 13.0. The van der Waals surface area contributed by atoms with Crippen molar-refractivity contribution in [1.29, 1.82) is 0 Å². The molecular weight excluding hydrogens is 821 g/mol. The highest BCUT2D eigenvalue weighted by Crippen LogP contribution is 2.22. The molecule has 0 aromatic rings. The van der Waals surface area contributed by atoms with Gasteiger partial charge in [-0.15, -0.1) is 0 Å². The molecule has 388 valence electrons. The first kappa shape index (κ1) is 63.7. The van der Waals surface area contributed by atoms with Crippen molar-refractivity contribution >= 4 is 11.9 Å².